The number of hydrogen-bond acceptors (Lipinski definition) is 2. The van der Waals surface area contributed by atoms with Gasteiger partial charge in [0.2, 0.25) is 0 Å². The van der Waals surface area contributed by atoms with Gasteiger partial charge < -0.3 is 10.1 Å². The van der Waals surface area contributed by atoms with E-state index in [4.69, 9.17) is 4.74 Å². The summed E-state index contributed by atoms with van der Waals surface area (Å²) in [6.45, 7) is 12.9. The van der Waals surface area contributed by atoms with Gasteiger partial charge in [-0.1, -0.05) is 39.8 Å². The molecule has 1 unspecified atom stereocenters. The predicted octanol–water partition coefficient (Wildman–Crippen LogP) is 4.36. The zero-order valence-electron chi connectivity index (χ0n) is 13.1. The molecule has 0 aliphatic rings. The van der Waals surface area contributed by atoms with Crippen molar-refractivity contribution in [2.24, 2.45) is 0 Å². The molecule has 0 heterocycles. The average Bonchev–Trinajstić information content (AvgIpc) is 2.39. The molecule has 0 fully saturated rings. The Labute approximate surface area is 118 Å². The van der Waals surface area contributed by atoms with Crippen molar-refractivity contribution >= 4 is 0 Å². The Hall–Kier alpha value is -1.02. The molecule has 1 atom stereocenters. The maximum Gasteiger partial charge on any atom is 0.120 e. The van der Waals surface area contributed by atoms with E-state index in [0.717, 1.165) is 31.7 Å². The van der Waals surface area contributed by atoms with Gasteiger partial charge in [0.15, 0.2) is 0 Å². The molecule has 0 spiro atoms. The Kier molecular flexibility index (Phi) is 6.36. The van der Waals surface area contributed by atoms with Crippen LogP contribution in [0.25, 0.3) is 0 Å². The number of nitrogens with one attached hydrogen (secondary N) is 1. The minimum atomic E-state index is -0.130. The molecule has 108 valence electrons. The highest BCUT2D eigenvalue weighted by molar-refractivity contribution is 5.29. The maximum absolute atomic E-state index is 6.17. The van der Waals surface area contributed by atoms with Crippen LogP contribution in [0.15, 0.2) is 24.3 Å². The van der Waals surface area contributed by atoms with E-state index in [0.29, 0.717) is 5.92 Å². The number of ether oxygens (including phenoxy) is 1. The lowest BCUT2D eigenvalue weighted by atomic mass is 10.0. The summed E-state index contributed by atoms with van der Waals surface area (Å²) in [5, 5.41) is 3.45. The lowest BCUT2D eigenvalue weighted by Gasteiger charge is -2.30. The monoisotopic (exact) mass is 263 g/mol. The summed E-state index contributed by atoms with van der Waals surface area (Å²) < 4.78 is 6.17. The molecule has 1 N–H and O–H groups in total. The first-order valence-electron chi connectivity index (χ1n) is 7.50. The van der Waals surface area contributed by atoms with Gasteiger partial charge in [-0.2, -0.15) is 0 Å². The van der Waals surface area contributed by atoms with Crippen molar-refractivity contribution in [3.63, 3.8) is 0 Å². The number of hydrogen-bond donors (Lipinski definition) is 1. The highest BCUT2D eigenvalue weighted by Gasteiger charge is 2.23. The Morgan fingerprint density at radius 3 is 2.26 bits per heavy atom. The lowest BCUT2D eigenvalue weighted by molar-refractivity contribution is 0.0837. The van der Waals surface area contributed by atoms with Crippen LogP contribution < -0.4 is 10.1 Å². The van der Waals surface area contributed by atoms with Gasteiger partial charge in [-0.25, -0.2) is 0 Å². The molecule has 1 rings (SSSR count). The van der Waals surface area contributed by atoms with Crippen molar-refractivity contribution in [2.45, 2.75) is 59.0 Å². The summed E-state index contributed by atoms with van der Waals surface area (Å²) in [5.41, 5.74) is 1.23. The third kappa shape index (κ3) is 5.23. The largest absolute Gasteiger partial charge is 0.486 e. The van der Waals surface area contributed by atoms with Gasteiger partial charge in [0.05, 0.1) is 0 Å². The van der Waals surface area contributed by atoms with E-state index >= 15 is 0 Å². The molecule has 19 heavy (non-hydrogen) atoms. The molecule has 0 radical (unpaired) electrons. The van der Waals surface area contributed by atoms with Gasteiger partial charge in [0, 0.05) is 6.54 Å². The van der Waals surface area contributed by atoms with Crippen LogP contribution in [-0.4, -0.2) is 18.7 Å². The Balaban J connectivity index is 2.63. The van der Waals surface area contributed by atoms with E-state index in [1.165, 1.54) is 5.56 Å². The minimum absolute atomic E-state index is 0.130. The number of rotatable bonds is 8. The predicted molar refractivity (Wildman–Crippen MR) is 83.0 cm³/mol. The second kappa shape index (κ2) is 7.54. The zero-order valence-corrected chi connectivity index (χ0v) is 13.1. The Bertz CT molecular complexity index is 358. The first-order chi connectivity index (χ1) is 9.00. The van der Waals surface area contributed by atoms with Crippen LogP contribution >= 0.6 is 0 Å². The molecule has 2 nitrogen and oxygen atoms in total. The smallest absolute Gasteiger partial charge is 0.120 e. The van der Waals surface area contributed by atoms with Crippen molar-refractivity contribution < 1.29 is 4.74 Å². The van der Waals surface area contributed by atoms with Crippen molar-refractivity contribution in [1.82, 2.24) is 5.32 Å². The van der Waals surface area contributed by atoms with Gasteiger partial charge >= 0.3 is 0 Å². The van der Waals surface area contributed by atoms with E-state index in [-0.39, 0.29) is 5.60 Å². The lowest BCUT2D eigenvalue weighted by Crippen LogP contribution is -2.42. The standard InChI is InChI=1S/C17H29NO/c1-6-12-18-13-17(5,7-2)19-16-10-8-15(9-11-16)14(3)4/h8-11,14,18H,6-7,12-13H2,1-5H3. The minimum Gasteiger partial charge on any atom is -0.486 e. The summed E-state index contributed by atoms with van der Waals surface area (Å²) in [7, 11) is 0. The van der Waals surface area contributed by atoms with Gasteiger partial charge in [0.1, 0.15) is 11.4 Å². The molecule has 1 aromatic rings. The first-order valence-corrected chi connectivity index (χ1v) is 7.50. The first kappa shape index (κ1) is 16.0. The Morgan fingerprint density at radius 2 is 1.79 bits per heavy atom. The van der Waals surface area contributed by atoms with Crippen LogP contribution in [0.4, 0.5) is 0 Å². The normalized spacial score (nSPS) is 14.4. The van der Waals surface area contributed by atoms with Crippen LogP contribution in [0.1, 0.15) is 58.9 Å². The second-order valence-corrected chi connectivity index (χ2v) is 5.81. The van der Waals surface area contributed by atoms with Gasteiger partial charge in [-0.15, -0.1) is 0 Å². The van der Waals surface area contributed by atoms with Crippen molar-refractivity contribution in [3.8, 4) is 5.75 Å². The Morgan fingerprint density at radius 1 is 1.16 bits per heavy atom. The van der Waals surface area contributed by atoms with E-state index in [1.54, 1.807) is 0 Å². The summed E-state index contributed by atoms with van der Waals surface area (Å²) in [4.78, 5) is 0. The topological polar surface area (TPSA) is 21.3 Å². The van der Waals surface area contributed by atoms with E-state index in [9.17, 15) is 0 Å². The molecule has 1 aromatic carbocycles. The SMILES string of the molecule is CCCNCC(C)(CC)Oc1ccc(C(C)C)cc1. The fraction of sp³-hybridized carbons (Fsp3) is 0.647. The molecule has 0 aromatic heterocycles. The molecule has 0 saturated heterocycles. The van der Waals surface area contributed by atoms with Crippen LogP contribution in [0.5, 0.6) is 5.75 Å². The van der Waals surface area contributed by atoms with Crippen LogP contribution in [0, 0.1) is 0 Å². The summed E-state index contributed by atoms with van der Waals surface area (Å²) in [5.74, 6) is 1.53. The fourth-order valence-corrected chi connectivity index (χ4v) is 1.97. The maximum atomic E-state index is 6.17. The van der Waals surface area contributed by atoms with Crippen molar-refractivity contribution in [3.05, 3.63) is 29.8 Å². The average molecular weight is 263 g/mol. The van der Waals surface area contributed by atoms with E-state index in [1.807, 2.05) is 0 Å². The quantitative estimate of drug-likeness (QED) is 0.704. The summed E-state index contributed by atoms with van der Waals surface area (Å²) in [6.07, 6.45) is 2.15. The summed E-state index contributed by atoms with van der Waals surface area (Å²) in [6, 6.07) is 8.50. The van der Waals surface area contributed by atoms with E-state index in [2.05, 4.69) is 64.2 Å². The van der Waals surface area contributed by atoms with Crippen molar-refractivity contribution in [1.29, 1.82) is 0 Å². The molecule has 0 saturated carbocycles. The van der Waals surface area contributed by atoms with E-state index < -0.39 is 0 Å². The summed E-state index contributed by atoms with van der Waals surface area (Å²) >= 11 is 0. The van der Waals surface area contributed by atoms with Crippen LogP contribution in [0.2, 0.25) is 0 Å². The molecule has 0 aliphatic heterocycles. The third-order valence-electron chi connectivity index (χ3n) is 3.58. The molecule has 0 aliphatic carbocycles. The second-order valence-electron chi connectivity index (χ2n) is 5.81. The number of benzene rings is 1. The molecule has 0 amide bonds. The van der Waals surface area contributed by atoms with Crippen LogP contribution in [-0.2, 0) is 0 Å². The third-order valence-corrected chi connectivity index (χ3v) is 3.58. The molecular formula is C17H29NO. The van der Waals surface area contributed by atoms with Gasteiger partial charge in [0.25, 0.3) is 0 Å². The fourth-order valence-electron chi connectivity index (χ4n) is 1.97. The molecule has 2 heteroatoms. The van der Waals surface area contributed by atoms with Gasteiger partial charge in [-0.3, -0.25) is 0 Å². The highest BCUT2D eigenvalue weighted by Crippen LogP contribution is 2.23. The van der Waals surface area contributed by atoms with Crippen LogP contribution in [0.3, 0.4) is 0 Å². The highest BCUT2D eigenvalue weighted by atomic mass is 16.5. The van der Waals surface area contributed by atoms with Crippen molar-refractivity contribution in [2.75, 3.05) is 13.1 Å². The van der Waals surface area contributed by atoms with Gasteiger partial charge in [-0.05, 0) is 49.9 Å². The molecule has 0 bridgehead atoms. The zero-order chi connectivity index (χ0) is 14.3. The molecular weight excluding hydrogens is 234 g/mol.